The fraction of sp³-hybridized carbons (Fsp3) is 0.474. The van der Waals surface area contributed by atoms with Crippen LogP contribution in [0.1, 0.15) is 46.8 Å². The molecule has 0 bridgehead atoms. The van der Waals surface area contributed by atoms with Gasteiger partial charge in [-0.1, -0.05) is 6.07 Å². The van der Waals surface area contributed by atoms with Gasteiger partial charge in [-0.05, 0) is 31.9 Å². The Labute approximate surface area is 156 Å². The Hall–Kier alpha value is -2.74. The summed E-state index contributed by atoms with van der Waals surface area (Å²) >= 11 is 0. The zero-order valence-electron chi connectivity index (χ0n) is 15.3. The van der Waals surface area contributed by atoms with E-state index in [0.29, 0.717) is 31.7 Å². The zero-order chi connectivity index (χ0) is 18.4. The Balaban J connectivity index is 1.37. The second kappa shape index (κ2) is 6.45. The molecule has 140 valence electrons. The van der Waals surface area contributed by atoms with Gasteiger partial charge in [-0.15, -0.1) is 10.2 Å². The van der Waals surface area contributed by atoms with E-state index in [1.807, 2.05) is 40.6 Å². The lowest BCUT2D eigenvalue weighted by molar-refractivity contribution is 0.0750. The Bertz CT molecular complexity index is 1000. The number of rotatable bonds is 2. The van der Waals surface area contributed by atoms with Crippen molar-refractivity contribution < 1.29 is 9.53 Å². The van der Waals surface area contributed by atoms with Crippen molar-refractivity contribution in [2.24, 2.45) is 0 Å². The van der Waals surface area contributed by atoms with Crippen molar-refractivity contribution in [3.05, 3.63) is 47.4 Å². The topological polar surface area (TPSA) is 77.6 Å². The summed E-state index contributed by atoms with van der Waals surface area (Å²) in [6.07, 6.45) is 4.61. The van der Waals surface area contributed by atoms with Crippen molar-refractivity contribution in [1.82, 2.24) is 29.0 Å². The first-order valence-corrected chi connectivity index (χ1v) is 9.48. The number of aromatic nitrogens is 5. The van der Waals surface area contributed by atoms with Gasteiger partial charge in [0, 0.05) is 44.6 Å². The number of imidazole rings is 1. The third-order valence-corrected chi connectivity index (χ3v) is 5.47. The van der Waals surface area contributed by atoms with Crippen LogP contribution in [-0.2, 0) is 17.7 Å². The Morgan fingerprint density at radius 3 is 2.96 bits per heavy atom. The third kappa shape index (κ3) is 2.80. The predicted molar refractivity (Wildman–Crippen MR) is 97.5 cm³/mol. The summed E-state index contributed by atoms with van der Waals surface area (Å²) in [5.41, 5.74) is 2.34. The SMILES string of the molecule is Cc1cccc2nc(C(=O)N3CCc4nnc(C5CCCO5)n4CC3)cn12. The second-order valence-electron chi connectivity index (χ2n) is 7.19. The van der Waals surface area contributed by atoms with Crippen molar-refractivity contribution in [3.63, 3.8) is 0 Å². The van der Waals surface area contributed by atoms with Crippen molar-refractivity contribution >= 4 is 11.6 Å². The lowest BCUT2D eigenvalue weighted by atomic mass is 10.2. The number of aryl methyl sites for hydroxylation is 1. The van der Waals surface area contributed by atoms with Crippen LogP contribution in [-0.4, -0.2) is 54.7 Å². The molecule has 0 aromatic carbocycles. The maximum absolute atomic E-state index is 13.0. The van der Waals surface area contributed by atoms with Crippen LogP contribution in [0, 0.1) is 6.92 Å². The van der Waals surface area contributed by atoms with Crippen molar-refractivity contribution in [1.29, 1.82) is 0 Å². The molecule has 1 saturated heterocycles. The van der Waals surface area contributed by atoms with Gasteiger partial charge in [-0.25, -0.2) is 4.98 Å². The quantitative estimate of drug-likeness (QED) is 0.691. The average Bonchev–Trinajstić information content (AvgIpc) is 3.38. The van der Waals surface area contributed by atoms with Crippen LogP contribution in [0.3, 0.4) is 0 Å². The number of carbonyl (C=O) groups excluding carboxylic acids is 1. The van der Waals surface area contributed by atoms with Crippen LogP contribution < -0.4 is 0 Å². The Morgan fingerprint density at radius 1 is 1.22 bits per heavy atom. The molecule has 1 atom stereocenters. The first-order valence-electron chi connectivity index (χ1n) is 9.48. The second-order valence-corrected chi connectivity index (χ2v) is 7.19. The first-order chi connectivity index (χ1) is 13.2. The molecule has 3 aromatic heterocycles. The summed E-state index contributed by atoms with van der Waals surface area (Å²) in [4.78, 5) is 19.4. The van der Waals surface area contributed by atoms with Gasteiger partial charge in [0.15, 0.2) is 5.82 Å². The van der Waals surface area contributed by atoms with E-state index in [-0.39, 0.29) is 12.0 Å². The van der Waals surface area contributed by atoms with Gasteiger partial charge in [0.2, 0.25) is 0 Å². The van der Waals surface area contributed by atoms with Gasteiger partial charge >= 0.3 is 0 Å². The molecule has 8 heteroatoms. The van der Waals surface area contributed by atoms with Crippen LogP contribution in [0.2, 0.25) is 0 Å². The maximum Gasteiger partial charge on any atom is 0.274 e. The highest BCUT2D eigenvalue weighted by Gasteiger charge is 2.28. The van der Waals surface area contributed by atoms with E-state index >= 15 is 0 Å². The van der Waals surface area contributed by atoms with E-state index in [4.69, 9.17) is 4.74 Å². The highest BCUT2D eigenvalue weighted by atomic mass is 16.5. The molecular formula is C19H22N6O2. The van der Waals surface area contributed by atoms with Crippen LogP contribution in [0.15, 0.2) is 24.4 Å². The standard InChI is InChI=1S/C19H22N6O2/c1-13-4-2-6-16-20-14(12-25(13)16)19(26)23-8-7-17-21-22-18(24(17)10-9-23)15-5-3-11-27-15/h2,4,6,12,15H,3,5,7-11H2,1H3. The van der Waals surface area contributed by atoms with E-state index in [1.54, 1.807) is 0 Å². The van der Waals surface area contributed by atoms with E-state index in [1.165, 1.54) is 0 Å². The van der Waals surface area contributed by atoms with Crippen LogP contribution in [0.25, 0.3) is 5.65 Å². The van der Waals surface area contributed by atoms with Crippen molar-refractivity contribution in [2.45, 2.75) is 38.8 Å². The Morgan fingerprint density at radius 2 is 2.15 bits per heavy atom. The number of ether oxygens (including phenoxy) is 1. The predicted octanol–water partition coefficient (Wildman–Crippen LogP) is 1.78. The van der Waals surface area contributed by atoms with E-state index in [2.05, 4.69) is 19.7 Å². The largest absolute Gasteiger partial charge is 0.370 e. The minimum atomic E-state index is -0.0320. The molecule has 1 fully saturated rings. The summed E-state index contributed by atoms with van der Waals surface area (Å²) in [7, 11) is 0. The average molecular weight is 366 g/mol. The number of fused-ring (bicyclic) bond motifs is 2. The molecule has 0 aliphatic carbocycles. The minimum absolute atomic E-state index is 0.0320. The van der Waals surface area contributed by atoms with Gasteiger partial charge < -0.3 is 18.6 Å². The van der Waals surface area contributed by atoms with Gasteiger partial charge in [-0.2, -0.15) is 0 Å². The number of amides is 1. The molecule has 5 rings (SSSR count). The van der Waals surface area contributed by atoms with E-state index in [0.717, 1.165) is 42.4 Å². The monoisotopic (exact) mass is 366 g/mol. The normalized spacial score (nSPS) is 20.0. The fourth-order valence-electron chi connectivity index (χ4n) is 3.98. The molecule has 8 nitrogen and oxygen atoms in total. The molecule has 27 heavy (non-hydrogen) atoms. The Kier molecular flexibility index (Phi) is 3.93. The highest BCUT2D eigenvalue weighted by Crippen LogP contribution is 2.28. The molecule has 3 aromatic rings. The van der Waals surface area contributed by atoms with Crippen molar-refractivity contribution in [2.75, 3.05) is 19.7 Å². The minimum Gasteiger partial charge on any atom is -0.370 e. The molecule has 1 unspecified atom stereocenters. The van der Waals surface area contributed by atoms with Gasteiger partial charge in [-0.3, -0.25) is 4.79 Å². The van der Waals surface area contributed by atoms with Crippen LogP contribution in [0.5, 0.6) is 0 Å². The molecule has 0 radical (unpaired) electrons. The third-order valence-electron chi connectivity index (χ3n) is 5.47. The molecule has 0 spiro atoms. The van der Waals surface area contributed by atoms with Crippen molar-refractivity contribution in [3.8, 4) is 0 Å². The highest BCUT2D eigenvalue weighted by molar-refractivity contribution is 5.93. The molecule has 2 aliphatic heterocycles. The zero-order valence-corrected chi connectivity index (χ0v) is 15.3. The van der Waals surface area contributed by atoms with Gasteiger partial charge in [0.1, 0.15) is 23.3 Å². The first kappa shape index (κ1) is 16.4. The number of nitrogens with zero attached hydrogens (tertiary/aromatic N) is 6. The number of carbonyl (C=O) groups is 1. The fourth-order valence-corrected chi connectivity index (χ4v) is 3.98. The lowest BCUT2D eigenvalue weighted by Gasteiger charge is -2.19. The molecule has 5 heterocycles. The summed E-state index contributed by atoms with van der Waals surface area (Å²) < 4.78 is 9.87. The van der Waals surface area contributed by atoms with E-state index < -0.39 is 0 Å². The lowest BCUT2D eigenvalue weighted by Crippen LogP contribution is -2.34. The summed E-state index contributed by atoms with van der Waals surface area (Å²) in [5, 5.41) is 8.71. The molecule has 1 amide bonds. The molecular weight excluding hydrogens is 344 g/mol. The summed E-state index contributed by atoms with van der Waals surface area (Å²) in [5.74, 6) is 1.80. The van der Waals surface area contributed by atoms with Gasteiger partial charge in [0.05, 0.1) is 0 Å². The van der Waals surface area contributed by atoms with Crippen LogP contribution in [0.4, 0.5) is 0 Å². The molecule has 0 saturated carbocycles. The van der Waals surface area contributed by atoms with Crippen LogP contribution >= 0.6 is 0 Å². The summed E-state index contributed by atoms with van der Waals surface area (Å²) in [6, 6.07) is 5.88. The van der Waals surface area contributed by atoms with Gasteiger partial charge in [0.25, 0.3) is 5.91 Å². The number of hydrogen-bond acceptors (Lipinski definition) is 5. The molecule has 2 aliphatic rings. The molecule has 0 N–H and O–H groups in total. The maximum atomic E-state index is 13.0. The summed E-state index contributed by atoms with van der Waals surface area (Å²) in [6.45, 7) is 4.72. The van der Waals surface area contributed by atoms with E-state index in [9.17, 15) is 4.79 Å². The smallest absolute Gasteiger partial charge is 0.274 e. The number of pyridine rings is 1. The number of hydrogen-bond donors (Lipinski definition) is 0.